The van der Waals surface area contributed by atoms with E-state index in [9.17, 15) is 9.59 Å². The summed E-state index contributed by atoms with van der Waals surface area (Å²) in [6.07, 6.45) is 2.65. The Morgan fingerprint density at radius 2 is 2.12 bits per heavy atom. The van der Waals surface area contributed by atoms with Gasteiger partial charge in [-0.15, -0.1) is 0 Å². The molecule has 6 nitrogen and oxygen atoms in total. The van der Waals surface area contributed by atoms with E-state index in [1.165, 1.54) is 17.1 Å². The number of rotatable bonds is 3. The van der Waals surface area contributed by atoms with Crippen molar-refractivity contribution in [2.45, 2.75) is 32.9 Å². The Morgan fingerprint density at radius 3 is 2.56 bits per heavy atom. The van der Waals surface area contributed by atoms with Crippen LogP contribution in [-0.4, -0.2) is 32.1 Å². The van der Waals surface area contributed by atoms with Crippen molar-refractivity contribution in [2.24, 2.45) is 0 Å². The van der Waals surface area contributed by atoms with Crippen molar-refractivity contribution < 1.29 is 14.7 Å². The molecule has 0 fully saturated rings. The Labute approximate surface area is 93.3 Å². The summed E-state index contributed by atoms with van der Waals surface area (Å²) >= 11 is 0. The van der Waals surface area contributed by atoms with Crippen LogP contribution in [0.15, 0.2) is 12.5 Å². The molecule has 0 unspecified atom stereocenters. The van der Waals surface area contributed by atoms with Gasteiger partial charge < -0.3 is 15.0 Å². The average Bonchev–Trinajstić information content (AvgIpc) is 2.48. The number of nitrogens with zero attached hydrogens (tertiary/aromatic N) is 2. The molecule has 88 valence electrons. The minimum absolute atomic E-state index is 0.0661. The minimum Gasteiger partial charge on any atom is -0.476 e. The predicted octanol–water partition coefficient (Wildman–Crippen LogP) is 0.496. The maximum Gasteiger partial charge on any atom is 0.356 e. The van der Waals surface area contributed by atoms with Crippen LogP contribution >= 0.6 is 0 Å². The lowest BCUT2D eigenvalue weighted by Crippen LogP contribution is -2.42. The molecule has 0 radical (unpaired) electrons. The van der Waals surface area contributed by atoms with Gasteiger partial charge >= 0.3 is 5.97 Å². The molecule has 1 amide bonds. The molecule has 1 rings (SSSR count). The van der Waals surface area contributed by atoms with Crippen molar-refractivity contribution in [1.82, 2.24) is 14.9 Å². The lowest BCUT2D eigenvalue weighted by atomic mass is 10.1. The molecule has 0 bridgehead atoms. The largest absolute Gasteiger partial charge is 0.476 e. The highest BCUT2D eigenvalue weighted by atomic mass is 16.4. The van der Waals surface area contributed by atoms with Crippen LogP contribution < -0.4 is 5.32 Å². The molecule has 1 aromatic heterocycles. The van der Waals surface area contributed by atoms with Gasteiger partial charge in [-0.1, -0.05) is 0 Å². The quantitative estimate of drug-likeness (QED) is 0.784. The third-order valence-corrected chi connectivity index (χ3v) is 1.69. The van der Waals surface area contributed by atoms with Gasteiger partial charge in [-0.2, -0.15) is 0 Å². The second kappa shape index (κ2) is 4.34. The highest BCUT2D eigenvalue weighted by molar-refractivity contribution is 5.85. The van der Waals surface area contributed by atoms with E-state index in [0.29, 0.717) is 0 Å². The summed E-state index contributed by atoms with van der Waals surface area (Å²) in [5, 5.41) is 11.4. The van der Waals surface area contributed by atoms with Crippen LogP contribution in [0, 0.1) is 0 Å². The fourth-order valence-electron chi connectivity index (χ4n) is 1.18. The number of hydrogen-bond acceptors (Lipinski definition) is 3. The fraction of sp³-hybridized carbons (Fsp3) is 0.500. The SMILES string of the molecule is CC(C)(C)NC(=O)Cn1cnc(C(=O)O)c1. The first-order chi connectivity index (χ1) is 7.28. The number of aromatic nitrogens is 2. The van der Waals surface area contributed by atoms with Crippen molar-refractivity contribution >= 4 is 11.9 Å². The first kappa shape index (κ1) is 12.2. The first-order valence-corrected chi connectivity index (χ1v) is 4.84. The second-order valence-corrected chi connectivity index (χ2v) is 4.53. The van der Waals surface area contributed by atoms with Crippen LogP contribution in [-0.2, 0) is 11.3 Å². The van der Waals surface area contributed by atoms with E-state index < -0.39 is 5.97 Å². The summed E-state index contributed by atoms with van der Waals surface area (Å²) in [5.74, 6) is -1.28. The van der Waals surface area contributed by atoms with Crippen molar-refractivity contribution in [3.8, 4) is 0 Å². The van der Waals surface area contributed by atoms with E-state index >= 15 is 0 Å². The van der Waals surface area contributed by atoms with Gasteiger partial charge in [0, 0.05) is 11.7 Å². The zero-order chi connectivity index (χ0) is 12.3. The van der Waals surface area contributed by atoms with Crippen LogP contribution in [0.4, 0.5) is 0 Å². The normalized spacial score (nSPS) is 11.2. The molecule has 0 spiro atoms. The molecule has 6 heteroatoms. The molecule has 0 aliphatic carbocycles. The van der Waals surface area contributed by atoms with Gasteiger partial charge in [-0.25, -0.2) is 9.78 Å². The van der Waals surface area contributed by atoms with Gasteiger partial charge in [0.05, 0.1) is 6.33 Å². The fourth-order valence-corrected chi connectivity index (χ4v) is 1.18. The van der Waals surface area contributed by atoms with Gasteiger partial charge in [0.1, 0.15) is 6.54 Å². The summed E-state index contributed by atoms with van der Waals surface area (Å²) < 4.78 is 1.44. The Hall–Kier alpha value is -1.85. The summed E-state index contributed by atoms with van der Waals surface area (Å²) in [6, 6.07) is 0. The molecular weight excluding hydrogens is 210 g/mol. The smallest absolute Gasteiger partial charge is 0.356 e. The molecule has 0 saturated carbocycles. The van der Waals surface area contributed by atoms with Crippen LogP contribution in [0.25, 0.3) is 0 Å². The second-order valence-electron chi connectivity index (χ2n) is 4.53. The van der Waals surface area contributed by atoms with E-state index in [1.807, 2.05) is 20.8 Å². The number of carbonyl (C=O) groups is 2. The highest BCUT2D eigenvalue weighted by Crippen LogP contribution is 2.00. The first-order valence-electron chi connectivity index (χ1n) is 4.84. The Kier molecular flexibility index (Phi) is 3.31. The predicted molar refractivity (Wildman–Crippen MR) is 57.1 cm³/mol. The molecule has 0 atom stereocenters. The van der Waals surface area contributed by atoms with Gasteiger partial charge in [0.25, 0.3) is 0 Å². The lowest BCUT2D eigenvalue weighted by Gasteiger charge is -2.20. The molecular formula is C10H15N3O3. The molecule has 1 aromatic rings. The number of nitrogens with one attached hydrogen (secondary N) is 1. The zero-order valence-electron chi connectivity index (χ0n) is 9.52. The number of hydrogen-bond donors (Lipinski definition) is 2. The van der Waals surface area contributed by atoms with E-state index in [4.69, 9.17) is 5.11 Å². The van der Waals surface area contributed by atoms with E-state index in [0.717, 1.165) is 0 Å². The average molecular weight is 225 g/mol. The van der Waals surface area contributed by atoms with Crippen molar-refractivity contribution in [1.29, 1.82) is 0 Å². The van der Waals surface area contributed by atoms with E-state index in [-0.39, 0.29) is 23.7 Å². The number of carboxylic acids is 1. The van der Waals surface area contributed by atoms with Crippen LogP contribution in [0.5, 0.6) is 0 Å². The van der Waals surface area contributed by atoms with Crippen LogP contribution in [0.3, 0.4) is 0 Å². The van der Waals surface area contributed by atoms with Gasteiger partial charge in [-0.3, -0.25) is 4.79 Å². The summed E-state index contributed by atoms with van der Waals surface area (Å²) in [7, 11) is 0. The molecule has 1 heterocycles. The maximum atomic E-state index is 11.5. The molecule has 16 heavy (non-hydrogen) atoms. The van der Waals surface area contributed by atoms with Crippen molar-refractivity contribution in [3.05, 3.63) is 18.2 Å². The van der Waals surface area contributed by atoms with Gasteiger partial charge in [-0.05, 0) is 20.8 Å². The Balaban J connectivity index is 2.60. The van der Waals surface area contributed by atoms with Crippen molar-refractivity contribution in [2.75, 3.05) is 0 Å². The van der Waals surface area contributed by atoms with Crippen LogP contribution in [0.2, 0.25) is 0 Å². The molecule has 2 N–H and O–H groups in total. The number of carboxylic acid groups (broad SMARTS) is 1. The maximum absolute atomic E-state index is 11.5. The number of carbonyl (C=O) groups excluding carboxylic acids is 1. The van der Waals surface area contributed by atoms with E-state index in [2.05, 4.69) is 10.3 Å². The number of aromatic carboxylic acids is 1. The standard InChI is InChI=1S/C10H15N3O3/c1-10(2,3)12-8(14)5-13-4-7(9(15)16)11-6-13/h4,6H,5H2,1-3H3,(H,12,14)(H,15,16). The molecule has 0 aliphatic heterocycles. The monoisotopic (exact) mass is 225 g/mol. The van der Waals surface area contributed by atoms with Crippen molar-refractivity contribution in [3.63, 3.8) is 0 Å². The third-order valence-electron chi connectivity index (χ3n) is 1.69. The molecule has 0 aromatic carbocycles. The summed E-state index contributed by atoms with van der Waals surface area (Å²) in [6.45, 7) is 5.70. The zero-order valence-corrected chi connectivity index (χ0v) is 9.52. The summed E-state index contributed by atoms with van der Waals surface area (Å²) in [4.78, 5) is 25.7. The number of amides is 1. The van der Waals surface area contributed by atoms with Crippen LogP contribution in [0.1, 0.15) is 31.3 Å². The van der Waals surface area contributed by atoms with Gasteiger partial charge in [0.15, 0.2) is 5.69 Å². The Morgan fingerprint density at radius 1 is 1.50 bits per heavy atom. The summed E-state index contributed by atoms with van der Waals surface area (Å²) in [5.41, 5.74) is -0.364. The van der Waals surface area contributed by atoms with Gasteiger partial charge in [0.2, 0.25) is 5.91 Å². The molecule has 0 saturated heterocycles. The number of imidazole rings is 1. The minimum atomic E-state index is -1.10. The highest BCUT2D eigenvalue weighted by Gasteiger charge is 2.14. The topological polar surface area (TPSA) is 84.2 Å². The third kappa shape index (κ3) is 3.72. The molecule has 0 aliphatic rings. The van der Waals surface area contributed by atoms with E-state index in [1.54, 1.807) is 0 Å². The Bertz CT molecular complexity index is 404. The lowest BCUT2D eigenvalue weighted by molar-refractivity contribution is -0.123.